The van der Waals surface area contributed by atoms with Crippen molar-refractivity contribution in [3.05, 3.63) is 58.4 Å². The Bertz CT molecular complexity index is 806. The van der Waals surface area contributed by atoms with Crippen molar-refractivity contribution in [1.82, 2.24) is 0 Å². The molecule has 0 aliphatic carbocycles. The standard InChI is InChI=1S/C13H11FN2O5S/c1-21-13-7-2-9(8-12(13)14)15-22(19,20)11-5-3-10(4-6-11)16(17)18/h2-8,15H,1H3. The Morgan fingerprint density at radius 2 is 1.82 bits per heavy atom. The molecular weight excluding hydrogens is 315 g/mol. The van der Waals surface area contributed by atoms with E-state index in [-0.39, 0.29) is 22.0 Å². The first-order chi connectivity index (χ1) is 10.3. The number of nitrogens with zero attached hydrogens (tertiary/aromatic N) is 1. The molecule has 9 heteroatoms. The second-order valence-electron chi connectivity index (χ2n) is 4.21. The zero-order valence-corrected chi connectivity index (χ0v) is 12.1. The number of anilines is 1. The van der Waals surface area contributed by atoms with Crippen LogP contribution in [0.2, 0.25) is 0 Å². The SMILES string of the molecule is COc1ccc(NS(=O)(=O)c2ccc([N+](=O)[O-])cc2)cc1F. The van der Waals surface area contributed by atoms with Gasteiger partial charge in [0.2, 0.25) is 0 Å². The van der Waals surface area contributed by atoms with E-state index < -0.39 is 20.8 Å². The molecule has 0 radical (unpaired) electrons. The van der Waals surface area contributed by atoms with Crippen LogP contribution in [0.15, 0.2) is 47.4 Å². The van der Waals surface area contributed by atoms with Crippen molar-refractivity contribution in [3.8, 4) is 5.75 Å². The van der Waals surface area contributed by atoms with Gasteiger partial charge >= 0.3 is 0 Å². The fourth-order valence-corrected chi connectivity index (χ4v) is 2.74. The number of ether oxygens (including phenoxy) is 1. The van der Waals surface area contributed by atoms with Crippen LogP contribution in [-0.4, -0.2) is 20.5 Å². The first-order valence-electron chi connectivity index (χ1n) is 5.94. The molecule has 0 fully saturated rings. The van der Waals surface area contributed by atoms with Crippen LogP contribution >= 0.6 is 0 Å². The monoisotopic (exact) mass is 326 g/mol. The minimum atomic E-state index is -3.97. The van der Waals surface area contributed by atoms with Gasteiger partial charge in [-0.3, -0.25) is 14.8 Å². The Labute approximate surface area is 125 Å². The number of non-ortho nitro benzene ring substituents is 1. The lowest BCUT2D eigenvalue weighted by Crippen LogP contribution is -2.13. The van der Waals surface area contributed by atoms with E-state index >= 15 is 0 Å². The quantitative estimate of drug-likeness (QED) is 0.672. The number of halogens is 1. The van der Waals surface area contributed by atoms with Crippen molar-refractivity contribution in [2.75, 3.05) is 11.8 Å². The van der Waals surface area contributed by atoms with Crippen molar-refractivity contribution >= 4 is 21.4 Å². The van der Waals surface area contributed by atoms with E-state index in [0.29, 0.717) is 0 Å². The minimum Gasteiger partial charge on any atom is -0.494 e. The number of nitro groups is 1. The molecule has 0 aliphatic heterocycles. The normalized spacial score (nSPS) is 11.0. The molecule has 22 heavy (non-hydrogen) atoms. The van der Waals surface area contributed by atoms with Crippen LogP contribution < -0.4 is 9.46 Å². The van der Waals surface area contributed by atoms with E-state index in [9.17, 15) is 22.9 Å². The predicted molar refractivity (Wildman–Crippen MR) is 76.9 cm³/mol. The van der Waals surface area contributed by atoms with Crippen LogP contribution in [0, 0.1) is 15.9 Å². The maximum Gasteiger partial charge on any atom is 0.269 e. The Morgan fingerprint density at radius 3 is 2.32 bits per heavy atom. The van der Waals surface area contributed by atoms with Crippen LogP contribution in [0.5, 0.6) is 5.75 Å². The van der Waals surface area contributed by atoms with Gasteiger partial charge in [-0.15, -0.1) is 0 Å². The molecule has 1 N–H and O–H groups in total. The van der Waals surface area contributed by atoms with Gasteiger partial charge in [-0.2, -0.15) is 0 Å². The summed E-state index contributed by atoms with van der Waals surface area (Å²) >= 11 is 0. The molecule has 116 valence electrons. The van der Waals surface area contributed by atoms with Crippen LogP contribution in [0.25, 0.3) is 0 Å². The number of rotatable bonds is 5. The highest BCUT2D eigenvalue weighted by molar-refractivity contribution is 7.92. The van der Waals surface area contributed by atoms with Crippen LogP contribution in [0.3, 0.4) is 0 Å². The predicted octanol–water partition coefficient (Wildman–Crippen LogP) is 2.54. The molecule has 0 amide bonds. The van der Waals surface area contributed by atoms with Crippen LogP contribution in [0.1, 0.15) is 0 Å². The molecule has 2 aromatic rings. The average molecular weight is 326 g/mol. The van der Waals surface area contributed by atoms with E-state index in [4.69, 9.17) is 4.74 Å². The largest absolute Gasteiger partial charge is 0.494 e. The number of sulfonamides is 1. The third-order valence-electron chi connectivity index (χ3n) is 2.76. The molecule has 0 heterocycles. The fraction of sp³-hybridized carbons (Fsp3) is 0.0769. The lowest BCUT2D eigenvalue weighted by Gasteiger charge is -2.09. The molecule has 0 unspecified atom stereocenters. The smallest absolute Gasteiger partial charge is 0.269 e. The lowest BCUT2D eigenvalue weighted by molar-refractivity contribution is -0.384. The number of benzene rings is 2. The fourth-order valence-electron chi connectivity index (χ4n) is 1.69. The molecule has 0 aromatic heterocycles. The summed E-state index contributed by atoms with van der Waals surface area (Å²) in [6, 6.07) is 7.93. The minimum absolute atomic E-state index is 0.0108. The van der Waals surface area contributed by atoms with Crippen molar-refractivity contribution in [3.63, 3.8) is 0 Å². The number of hydrogen-bond acceptors (Lipinski definition) is 5. The number of hydrogen-bond donors (Lipinski definition) is 1. The van der Waals surface area contributed by atoms with Crippen molar-refractivity contribution in [1.29, 1.82) is 0 Å². The molecule has 0 saturated carbocycles. The highest BCUT2D eigenvalue weighted by atomic mass is 32.2. The van der Waals surface area contributed by atoms with Gasteiger partial charge in [-0.25, -0.2) is 12.8 Å². The molecule has 0 aliphatic rings. The highest BCUT2D eigenvalue weighted by Crippen LogP contribution is 2.23. The Hall–Kier alpha value is -2.68. The van der Waals surface area contributed by atoms with Gasteiger partial charge < -0.3 is 4.74 Å². The lowest BCUT2D eigenvalue weighted by atomic mass is 10.3. The second-order valence-corrected chi connectivity index (χ2v) is 5.89. The first-order valence-corrected chi connectivity index (χ1v) is 7.42. The summed E-state index contributed by atoms with van der Waals surface area (Å²) < 4.78 is 44.7. The molecule has 0 bridgehead atoms. The molecular formula is C13H11FN2O5S. The molecule has 0 saturated heterocycles. The number of methoxy groups -OCH3 is 1. The van der Waals surface area contributed by atoms with Gasteiger partial charge in [0.25, 0.3) is 15.7 Å². The van der Waals surface area contributed by atoms with E-state index in [2.05, 4.69) is 4.72 Å². The van der Waals surface area contributed by atoms with E-state index in [1.54, 1.807) is 0 Å². The van der Waals surface area contributed by atoms with Crippen molar-refractivity contribution in [2.45, 2.75) is 4.90 Å². The third-order valence-corrected chi connectivity index (χ3v) is 4.16. The van der Waals surface area contributed by atoms with Gasteiger partial charge in [0.15, 0.2) is 11.6 Å². The van der Waals surface area contributed by atoms with E-state index in [1.165, 1.54) is 19.2 Å². The molecule has 0 atom stereocenters. The van der Waals surface area contributed by atoms with Gasteiger partial charge in [-0.05, 0) is 24.3 Å². The summed E-state index contributed by atoms with van der Waals surface area (Å²) in [6.07, 6.45) is 0. The maximum atomic E-state index is 13.5. The zero-order chi connectivity index (χ0) is 16.3. The summed E-state index contributed by atoms with van der Waals surface area (Å²) in [5, 5.41) is 10.5. The molecule has 2 rings (SSSR count). The Kier molecular flexibility index (Phi) is 4.27. The molecule has 7 nitrogen and oxygen atoms in total. The topological polar surface area (TPSA) is 98.5 Å². The summed E-state index contributed by atoms with van der Waals surface area (Å²) in [5.74, 6) is -0.732. The summed E-state index contributed by atoms with van der Waals surface area (Å²) in [4.78, 5) is 9.73. The summed E-state index contributed by atoms with van der Waals surface area (Å²) in [7, 11) is -2.68. The van der Waals surface area contributed by atoms with Gasteiger partial charge in [0, 0.05) is 18.2 Å². The van der Waals surface area contributed by atoms with Crippen LogP contribution in [-0.2, 0) is 10.0 Å². The van der Waals surface area contributed by atoms with Crippen molar-refractivity contribution < 1.29 is 22.5 Å². The Balaban J connectivity index is 2.27. The highest BCUT2D eigenvalue weighted by Gasteiger charge is 2.16. The zero-order valence-electron chi connectivity index (χ0n) is 11.3. The maximum absolute atomic E-state index is 13.5. The van der Waals surface area contributed by atoms with Crippen molar-refractivity contribution in [2.24, 2.45) is 0 Å². The van der Waals surface area contributed by atoms with E-state index in [1.807, 2.05) is 0 Å². The third kappa shape index (κ3) is 3.31. The van der Waals surface area contributed by atoms with E-state index in [0.717, 1.165) is 30.3 Å². The van der Waals surface area contributed by atoms with Gasteiger partial charge in [0.05, 0.1) is 22.6 Å². The number of nitrogens with one attached hydrogen (secondary N) is 1. The first kappa shape index (κ1) is 15.7. The van der Waals surface area contributed by atoms with Gasteiger partial charge in [0.1, 0.15) is 0 Å². The molecule has 0 spiro atoms. The summed E-state index contributed by atoms with van der Waals surface area (Å²) in [5.41, 5.74) is -0.217. The number of nitro benzene ring substituents is 1. The van der Waals surface area contributed by atoms with Crippen LogP contribution in [0.4, 0.5) is 15.8 Å². The Morgan fingerprint density at radius 1 is 1.18 bits per heavy atom. The second kappa shape index (κ2) is 5.98. The van der Waals surface area contributed by atoms with Gasteiger partial charge in [-0.1, -0.05) is 0 Å². The summed E-state index contributed by atoms with van der Waals surface area (Å²) in [6.45, 7) is 0. The molecule has 2 aromatic carbocycles. The average Bonchev–Trinajstić information content (AvgIpc) is 2.47.